The molecule has 1 aromatic rings. The van der Waals surface area contributed by atoms with Crippen molar-refractivity contribution in [1.29, 1.82) is 0 Å². The van der Waals surface area contributed by atoms with E-state index in [-0.39, 0.29) is 65.8 Å². The van der Waals surface area contributed by atoms with Gasteiger partial charge in [-0.05, 0) is 60.9 Å². The van der Waals surface area contributed by atoms with Gasteiger partial charge in [-0.2, -0.15) is 13.2 Å². The molecular weight excluding hydrogens is 603 g/mol. The van der Waals surface area contributed by atoms with Crippen molar-refractivity contribution in [3.8, 4) is 0 Å². The minimum absolute atomic E-state index is 0.00342. The lowest BCUT2D eigenvalue weighted by Crippen LogP contribution is -2.81. The van der Waals surface area contributed by atoms with Gasteiger partial charge >= 0.3 is 12.1 Å². The maximum Gasteiger partial charge on any atom is 0.416 e. The summed E-state index contributed by atoms with van der Waals surface area (Å²) >= 11 is 0. The Kier molecular flexibility index (Phi) is 6.96. The number of esters is 1. The van der Waals surface area contributed by atoms with Gasteiger partial charge in [0.2, 0.25) is 0 Å². The van der Waals surface area contributed by atoms with Crippen molar-refractivity contribution in [3.63, 3.8) is 0 Å². The molecule has 5 saturated carbocycles. The van der Waals surface area contributed by atoms with Crippen LogP contribution in [0.3, 0.4) is 0 Å². The van der Waals surface area contributed by atoms with E-state index in [9.17, 15) is 18.0 Å². The molecule has 0 N–H and O–H groups in total. The molecule has 7 aliphatic rings. The van der Waals surface area contributed by atoms with E-state index < -0.39 is 40.4 Å². The summed E-state index contributed by atoms with van der Waals surface area (Å²) in [5.41, 5.74) is -2.95. The molecule has 11 heteroatoms. The van der Waals surface area contributed by atoms with Crippen molar-refractivity contribution in [2.75, 3.05) is 41.2 Å². The van der Waals surface area contributed by atoms with Crippen molar-refractivity contribution in [1.82, 2.24) is 4.90 Å². The minimum Gasteiger partial charge on any atom is -0.456 e. The first-order chi connectivity index (χ1) is 22.0. The average Bonchev–Trinajstić information content (AvgIpc) is 3.62. The number of fused-ring (bicyclic) bond motifs is 1. The van der Waals surface area contributed by atoms with E-state index in [1.807, 2.05) is 0 Å². The Balaban J connectivity index is 1.29. The van der Waals surface area contributed by atoms with Crippen LogP contribution in [0.15, 0.2) is 30.3 Å². The molecular formula is C35H44F3NO7. The molecule has 13 atom stereocenters. The molecule has 0 radical (unpaired) electrons. The van der Waals surface area contributed by atoms with Crippen molar-refractivity contribution in [2.45, 2.75) is 87.4 Å². The van der Waals surface area contributed by atoms with Gasteiger partial charge in [-0.15, -0.1) is 0 Å². The third-order valence-electron chi connectivity index (χ3n) is 13.7. The predicted molar refractivity (Wildman–Crippen MR) is 159 cm³/mol. The van der Waals surface area contributed by atoms with E-state index in [1.165, 1.54) is 24.3 Å². The highest BCUT2D eigenvalue weighted by atomic mass is 19.4. The molecule has 5 aliphatic carbocycles. The molecule has 1 unspecified atom stereocenters. The quantitative estimate of drug-likeness (QED) is 0.304. The molecule has 8 nitrogen and oxygen atoms in total. The molecule has 252 valence electrons. The van der Waals surface area contributed by atoms with Gasteiger partial charge in [-0.1, -0.05) is 26.0 Å². The monoisotopic (exact) mass is 647 g/mol. The van der Waals surface area contributed by atoms with Crippen LogP contribution in [0.5, 0.6) is 0 Å². The van der Waals surface area contributed by atoms with Crippen LogP contribution in [0.25, 0.3) is 6.08 Å². The highest BCUT2D eigenvalue weighted by Gasteiger charge is 2.94. The van der Waals surface area contributed by atoms with E-state index >= 15 is 0 Å². The van der Waals surface area contributed by atoms with Crippen molar-refractivity contribution in [3.05, 3.63) is 41.5 Å². The summed E-state index contributed by atoms with van der Waals surface area (Å²) in [6.45, 7) is 6.22. The summed E-state index contributed by atoms with van der Waals surface area (Å²) in [5.74, 6) is -0.333. The number of nitrogens with zero attached hydrogens (tertiary/aromatic N) is 1. The number of rotatable bonds is 7. The van der Waals surface area contributed by atoms with E-state index in [0.29, 0.717) is 6.42 Å². The second kappa shape index (κ2) is 10.2. The van der Waals surface area contributed by atoms with Gasteiger partial charge in [0.1, 0.15) is 18.5 Å². The van der Waals surface area contributed by atoms with Gasteiger partial charge in [0.25, 0.3) is 0 Å². The van der Waals surface area contributed by atoms with Gasteiger partial charge < -0.3 is 28.4 Å². The summed E-state index contributed by atoms with van der Waals surface area (Å²) in [7, 11) is 5.33. The first-order valence-corrected chi connectivity index (χ1v) is 16.6. The van der Waals surface area contributed by atoms with Crippen molar-refractivity contribution >= 4 is 12.0 Å². The first-order valence-electron chi connectivity index (χ1n) is 16.6. The summed E-state index contributed by atoms with van der Waals surface area (Å²) in [6.07, 6.45) is 0.482. The summed E-state index contributed by atoms with van der Waals surface area (Å²) in [6, 6.07) is 4.79. The fourth-order valence-electron chi connectivity index (χ4n) is 12.7. The predicted octanol–water partition coefficient (Wildman–Crippen LogP) is 4.95. The lowest BCUT2D eigenvalue weighted by molar-refractivity contribution is -0.282. The number of ether oxygens (including phenoxy) is 6. The number of benzene rings is 1. The average molecular weight is 648 g/mol. The molecule has 46 heavy (non-hydrogen) atoms. The molecule has 2 heterocycles. The lowest BCUT2D eigenvalue weighted by atomic mass is 9.43. The number of carbonyl (C=O) groups excluding carboxylic acids is 1. The standard InChI is InChI=1S/C35H44F3NO7/c1-6-39-17-31(2)13-12-24(42-4)33-22-15-21-23(41-3)16-32(26(22)27(21)43-5)34(30(33)39,45-18-44-32)29(28(31)33)46-25(40)11-10-19-8-7-9-20(14-19)35(36,37)38/h7-11,14,21-24,26-30H,6,12-13,15-18H2,1-5H3/b11-10+/t21-,22-,23+,24+,26-,27+,28-,29+,30?,31+,32-,33+,34+/m1/s1. The van der Waals surface area contributed by atoms with E-state index in [4.69, 9.17) is 28.4 Å². The van der Waals surface area contributed by atoms with Crippen LogP contribution >= 0.6 is 0 Å². The molecule has 0 aromatic heterocycles. The second-order valence-corrected chi connectivity index (χ2v) is 15.0. The molecule has 7 fully saturated rings. The Morgan fingerprint density at radius 3 is 2.65 bits per heavy atom. The normalized spacial score (nSPS) is 48.6. The van der Waals surface area contributed by atoms with Gasteiger partial charge in [0, 0.05) is 63.5 Å². The Morgan fingerprint density at radius 1 is 1.15 bits per heavy atom. The van der Waals surface area contributed by atoms with E-state index in [2.05, 4.69) is 18.7 Å². The number of likely N-dealkylation sites (N-methyl/N-ethyl adjacent to an activating group) is 1. The van der Waals surface area contributed by atoms with Crippen LogP contribution in [0.1, 0.15) is 50.7 Å². The number of hydrogen-bond donors (Lipinski definition) is 0. The van der Waals surface area contributed by atoms with Gasteiger partial charge in [-0.25, -0.2) is 4.79 Å². The Labute approximate surface area is 267 Å². The molecule has 2 saturated heterocycles. The SMILES string of the molecule is CCN1C[C@]2(C)CC[C@H](OC)[C@@]34C1[C@@]1(OCO[C@@]15C[C@H](OC)[C@H]1C[C@@H]3[C@@H]5[C@H]1OC)[C@@H](OC(=O)/C=C/c1cccc(C(F)(F)F)c1)[C@H]24. The third kappa shape index (κ3) is 3.60. The largest absolute Gasteiger partial charge is 0.456 e. The summed E-state index contributed by atoms with van der Waals surface area (Å²) < 4.78 is 79.8. The fourth-order valence-corrected chi connectivity index (χ4v) is 12.7. The molecule has 8 rings (SSSR count). The van der Waals surface area contributed by atoms with Crippen molar-refractivity contribution in [2.24, 2.45) is 34.5 Å². The zero-order valence-electron chi connectivity index (χ0n) is 27.0. The zero-order valence-corrected chi connectivity index (χ0v) is 27.0. The van der Waals surface area contributed by atoms with E-state index in [1.54, 1.807) is 21.3 Å². The van der Waals surface area contributed by atoms with Crippen LogP contribution in [-0.4, -0.2) is 93.7 Å². The van der Waals surface area contributed by atoms with Crippen LogP contribution in [0.2, 0.25) is 0 Å². The number of halogens is 3. The number of likely N-dealkylation sites (tertiary alicyclic amines) is 1. The third-order valence-corrected chi connectivity index (χ3v) is 13.7. The number of methoxy groups -OCH3 is 3. The van der Waals surface area contributed by atoms with Gasteiger partial charge in [0.15, 0.2) is 5.60 Å². The maximum absolute atomic E-state index is 13.9. The smallest absolute Gasteiger partial charge is 0.416 e. The fraction of sp³-hybridized carbons (Fsp3) is 0.743. The van der Waals surface area contributed by atoms with Crippen LogP contribution in [-0.2, 0) is 39.4 Å². The van der Waals surface area contributed by atoms with Crippen molar-refractivity contribution < 1.29 is 46.4 Å². The number of alkyl halides is 3. The van der Waals surface area contributed by atoms with Crippen LogP contribution in [0.4, 0.5) is 13.2 Å². The highest BCUT2D eigenvalue weighted by molar-refractivity contribution is 5.87. The Bertz CT molecular complexity index is 1440. The van der Waals surface area contributed by atoms with Crippen LogP contribution in [0, 0.1) is 34.5 Å². The van der Waals surface area contributed by atoms with Gasteiger partial charge in [-0.3, -0.25) is 4.90 Å². The number of hydrogen-bond acceptors (Lipinski definition) is 8. The maximum atomic E-state index is 13.9. The molecule has 2 aliphatic heterocycles. The minimum atomic E-state index is -4.48. The molecule has 3 spiro atoms. The summed E-state index contributed by atoms with van der Waals surface area (Å²) in [4.78, 5) is 16.5. The second-order valence-electron chi connectivity index (χ2n) is 15.0. The van der Waals surface area contributed by atoms with Gasteiger partial charge in [0.05, 0.1) is 29.9 Å². The molecule has 1 aromatic carbocycles. The Hall–Kier alpha value is -2.02. The first kappa shape index (κ1) is 31.3. The number of carbonyl (C=O) groups is 1. The lowest BCUT2D eigenvalue weighted by Gasteiger charge is -2.69. The highest BCUT2D eigenvalue weighted by Crippen LogP contribution is 2.82. The topological polar surface area (TPSA) is 75.7 Å². The van der Waals surface area contributed by atoms with Crippen LogP contribution < -0.4 is 0 Å². The Morgan fingerprint density at radius 2 is 1.96 bits per heavy atom. The molecule has 0 amide bonds. The molecule has 7 bridgehead atoms. The zero-order chi connectivity index (χ0) is 32.4. The van der Waals surface area contributed by atoms with E-state index in [0.717, 1.165) is 44.5 Å². The summed E-state index contributed by atoms with van der Waals surface area (Å²) in [5, 5.41) is 0. The number of piperidine rings is 1.